The molecule has 2 amide bonds. The largest absolute Gasteiger partial charge is 0.481 e. The van der Waals surface area contributed by atoms with Crippen molar-refractivity contribution in [2.45, 2.75) is 25.0 Å². The summed E-state index contributed by atoms with van der Waals surface area (Å²) in [6.07, 6.45) is -1.26. The third kappa shape index (κ3) is 5.77. The van der Waals surface area contributed by atoms with Gasteiger partial charge in [-0.3, -0.25) is 14.4 Å². The van der Waals surface area contributed by atoms with Crippen molar-refractivity contribution in [2.75, 3.05) is 19.7 Å². The van der Waals surface area contributed by atoms with E-state index in [1.807, 2.05) is 66.7 Å². The first-order chi connectivity index (χ1) is 18.9. The predicted molar refractivity (Wildman–Crippen MR) is 141 cm³/mol. The van der Waals surface area contributed by atoms with Crippen LogP contribution in [0.15, 0.2) is 78.9 Å². The van der Waals surface area contributed by atoms with Crippen molar-refractivity contribution in [3.05, 3.63) is 95.6 Å². The zero-order chi connectivity index (χ0) is 27.4. The van der Waals surface area contributed by atoms with E-state index in [1.54, 1.807) is 12.1 Å². The molecule has 3 aromatic carbocycles. The van der Waals surface area contributed by atoms with Crippen LogP contribution in [-0.4, -0.2) is 59.7 Å². The highest BCUT2D eigenvalue weighted by Crippen LogP contribution is 2.44. The Bertz CT molecular complexity index is 1340. The molecule has 0 bridgehead atoms. The first kappa shape index (κ1) is 26.0. The van der Waals surface area contributed by atoms with Crippen LogP contribution in [0.3, 0.4) is 0 Å². The number of nitrogens with zero attached hydrogens (tertiary/aromatic N) is 1. The molecule has 200 valence electrons. The van der Waals surface area contributed by atoms with Gasteiger partial charge in [0.2, 0.25) is 5.91 Å². The van der Waals surface area contributed by atoms with Gasteiger partial charge in [0.05, 0.1) is 12.3 Å². The van der Waals surface area contributed by atoms with E-state index in [0.717, 1.165) is 27.8 Å². The molecule has 0 radical (unpaired) electrons. The molecule has 1 aliphatic carbocycles. The highest BCUT2D eigenvalue weighted by molar-refractivity contribution is 5.91. The topological polar surface area (TPSA) is 122 Å². The number of hydrogen-bond acceptors (Lipinski definition) is 6. The summed E-state index contributed by atoms with van der Waals surface area (Å²) in [7, 11) is 0. The number of aliphatic carboxylic acids is 1. The summed E-state index contributed by atoms with van der Waals surface area (Å²) in [5, 5.41) is 11.7. The molecule has 1 saturated heterocycles. The van der Waals surface area contributed by atoms with E-state index >= 15 is 0 Å². The third-order valence-electron chi connectivity index (χ3n) is 7.09. The van der Waals surface area contributed by atoms with Gasteiger partial charge in [-0.15, -0.1) is 0 Å². The summed E-state index contributed by atoms with van der Waals surface area (Å²) in [4.78, 5) is 51.0. The molecule has 1 aliphatic heterocycles. The van der Waals surface area contributed by atoms with Crippen LogP contribution in [0.5, 0.6) is 0 Å². The van der Waals surface area contributed by atoms with E-state index < -0.39 is 42.3 Å². The number of hydrogen-bond donors (Lipinski definition) is 2. The van der Waals surface area contributed by atoms with Crippen LogP contribution in [0, 0.1) is 5.92 Å². The lowest BCUT2D eigenvalue weighted by Crippen LogP contribution is -2.59. The standard InChI is InChI=1S/C30H28N2O7/c33-27(38-17-19-8-2-1-3-9-19)14-26(28(34)32-15-20(16-32)29(35)36)31-30(37)39-18-25-23-12-6-4-10-21(23)22-11-5-7-13-24(22)25/h1-13,20,25-26H,14-18H2,(H,31,37)(H,35,36)/t26-/m0/s1. The molecular weight excluding hydrogens is 500 g/mol. The predicted octanol–water partition coefficient (Wildman–Crippen LogP) is 3.57. The fourth-order valence-electron chi connectivity index (χ4n) is 4.98. The maximum atomic E-state index is 13.1. The summed E-state index contributed by atoms with van der Waals surface area (Å²) in [6, 6.07) is 23.7. The van der Waals surface area contributed by atoms with Crippen molar-refractivity contribution in [2.24, 2.45) is 5.92 Å². The van der Waals surface area contributed by atoms with E-state index in [9.17, 15) is 19.2 Å². The van der Waals surface area contributed by atoms with Crippen LogP contribution in [0.2, 0.25) is 0 Å². The van der Waals surface area contributed by atoms with Gasteiger partial charge in [-0.05, 0) is 27.8 Å². The number of carboxylic acid groups (broad SMARTS) is 1. The van der Waals surface area contributed by atoms with Gasteiger partial charge in [-0.2, -0.15) is 0 Å². The van der Waals surface area contributed by atoms with Crippen molar-refractivity contribution in [3.8, 4) is 11.1 Å². The monoisotopic (exact) mass is 528 g/mol. The molecule has 1 fully saturated rings. The van der Waals surface area contributed by atoms with Crippen LogP contribution in [0.25, 0.3) is 11.1 Å². The number of likely N-dealkylation sites (tertiary alicyclic amines) is 1. The van der Waals surface area contributed by atoms with Crippen molar-refractivity contribution >= 4 is 23.9 Å². The lowest BCUT2D eigenvalue weighted by atomic mass is 9.98. The van der Waals surface area contributed by atoms with Crippen LogP contribution in [-0.2, 0) is 30.5 Å². The number of alkyl carbamates (subject to hydrolysis) is 1. The van der Waals surface area contributed by atoms with Gasteiger partial charge in [0, 0.05) is 19.0 Å². The average molecular weight is 529 g/mol. The molecule has 3 aromatic rings. The van der Waals surface area contributed by atoms with Gasteiger partial charge in [-0.1, -0.05) is 78.9 Å². The quantitative estimate of drug-likeness (QED) is 0.407. The van der Waals surface area contributed by atoms with Crippen LogP contribution in [0.1, 0.15) is 29.0 Å². The van der Waals surface area contributed by atoms with Crippen molar-refractivity contribution < 1.29 is 33.8 Å². The molecule has 2 aliphatic rings. The first-order valence-electron chi connectivity index (χ1n) is 12.7. The molecule has 0 aromatic heterocycles. The molecule has 0 saturated carbocycles. The fraction of sp³-hybridized carbons (Fsp3) is 0.267. The second-order valence-electron chi connectivity index (χ2n) is 9.65. The molecule has 0 unspecified atom stereocenters. The average Bonchev–Trinajstić information content (AvgIpc) is 3.23. The van der Waals surface area contributed by atoms with Gasteiger partial charge >= 0.3 is 18.0 Å². The maximum Gasteiger partial charge on any atom is 0.407 e. The van der Waals surface area contributed by atoms with E-state index in [-0.39, 0.29) is 32.2 Å². The number of esters is 1. The van der Waals surface area contributed by atoms with Crippen molar-refractivity contribution in [1.82, 2.24) is 10.2 Å². The highest BCUT2D eigenvalue weighted by Gasteiger charge is 2.40. The molecule has 0 spiro atoms. The Morgan fingerprint density at radius 2 is 1.44 bits per heavy atom. The van der Waals surface area contributed by atoms with E-state index in [4.69, 9.17) is 14.6 Å². The second-order valence-corrected chi connectivity index (χ2v) is 9.65. The second kappa shape index (κ2) is 11.4. The minimum Gasteiger partial charge on any atom is -0.481 e. The molecule has 5 rings (SSSR count). The number of fused-ring (bicyclic) bond motifs is 3. The molecule has 9 nitrogen and oxygen atoms in total. The van der Waals surface area contributed by atoms with Gasteiger partial charge in [0.1, 0.15) is 19.3 Å². The molecule has 1 heterocycles. The summed E-state index contributed by atoms with van der Waals surface area (Å²) >= 11 is 0. The summed E-state index contributed by atoms with van der Waals surface area (Å²) < 4.78 is 10.9. The van der Waals surface area contributed by atoms with Crippen molar-refractivity contribution in [1.29, 1.82) is 0 Å². The molecule has 2 N–H and O–H groups in total. The Hall–Kier alpha value is -4.66. The number of benzene rings is 3. The lowest BCUT2D eigenvalue weighted by Gasteiger charge is -2.38. The zero-order valence-electron chi connectivity index (χ0n) is 21.1. The van der Waals surface area contributed by atoms with E-state index in [0.29, 0.717) is 0 Å². The molecule has 1 atom stereocenters. The number of carbonyl (C=O) groups excluding carboxylic acids is 3. The number of carboxylic acids is 1. The molecule has 9 heteroatoms. The highest BCUT2D eigenvalue weighted by atomic mass is 16.5. The summed E-state index contributed by atoms with van der Waals surface area (Å²) in [6.45, 7) is 0.0898. The number of carbonyl (C=O) groups is 4. The SMILES string of the molecule is O=C(C[C@H](NC(=O)OCC1c2ccccc2-c2ccccc21)C(=O)N1CC(C(=O)O)C1)OCc1ccccc1. The Morgan fingerprint density at radius 1 is 0.846 bits per heavy atom. The number of rotatable bonds is 9. The number of nitrogens with one attached hydrogen (secondary N) is 1. The maximum absolute atomic E-state index is 13.1. The van der Waals surface area contributed by atoms with Crippen LogP contribution in [0.4, 0.5) is 4.79 Å². The van der Waals surface area contributed by atoms with Gasteiger partial charge in [-0.25, -0.2) is 4.79 Å². The Kier molecular flexibility index (Phi) is 7.58. The van der Waals surface area contributed by atoms with Crippen molar-refractivity contribution in [3.63, 3.8) is 0 Å². The van der Waals surface area contributed by atoms with Crippen LogP contribution >= 0.6 is 0 Å². The summed E-state index contributed by atoms with van der Waals surface area (Å²) in [5.74, 6) is -3.07. The van der Waals surface area contributed by atoms with E-state index in [1.165, 1.54) is 4.90 Å². The van der Waals surface area contributed by atoms with Gasteiger partial charge in [0.15, 0.2) is 0 Å². The smallest absolute Gasteiger partial charge is 0.407 e. The van der Waals surface area contributed by atoms with Crippen LogP contribution < -0.4 is 5.32 Å². The Labute approximate surface area is 225 Å². The zero-order valence-corrected chi connectivity index (χ0v) is 21.1. The normalized spacial score (nSPS) is 14.9. The molecule has 39 heavy (non-hydrogen) atoms. The summed E-state index contributed by atoms with van der Waals surface area (Å²) in [5.41, 5.74) is 5.04. The third-order valence-corrected chi connectivity index (χ3v) is 7.09. The molecular formula is C30H28N2O7. The number of ether oxygens (including phenoxy) is 2. The lowest BCUT2D eigenvalue weighted by molar-refractivity contribution is -0.156. The van der Waals surface area contributed by atoms with E-state index in [2.05, 4.69) is 5.32 Å². The van der Waals surface area contributed by atoms with Gasteiger partial charge in [0.25, 0.3) is 0 Å². The Balaban J connectivity index is 1.23. The first-order valence-corrected chi connectivity index (χ1v) is 12.7. The minimum absolute atomic E-state index is 0.0100. The minimum atomic E-state index is -1.25. The fourth-order valence-corrected chi connectivity index (χ4v) is 4.98. The Morgan fingerprint density at radius 3 is 2.05 bits per heavy atom. The number of amides is 2. The van der Waals surface area contributed by atoms with Gasteiger partial charge < -0.3 is 24.8 Å².